The zero-order chi connectivity index (χ0) is 22.9. The van der Waals surface area contributed by atoms with Crippen molar-refractivity contribution in [2.75, 3.05) is 13.2 Å². The molecule has 0 amide bonds. The molecule has 3 nitrogen and oxygen atoms in total. The van der Waals surface area contributed by atoms with Crippen LogP contribution in [0.15, 0.2) is 11.6 Å². The van der Waals surface area contributed by atoms with Crippen molar-refractivity contribution in [1.82, 2.24) is 0 Å². The Balaban J connectivity index is 1.34. The van der Waals surface area contributed by atoms with Gasteiger partial charge in [-0.15, -0.1) is 0 Å². The van der Waals surface area contributed by atoms with Crippen LogP contribution in [0.4, 0.5) is 0 Å². The van der Waals surface area contributed by atoms with E-state index in [0.29, 0.717) is 22.7 Å². The Hall–Kier alpha value is -0.380. The second-order valence-corrected chi connectivity index (χ2v) is 13.7. The van der Waals surface area contributed by atoms with Gasteiger partial charge in [0, 0.05) is 5.41 Å². The molecule has 182 valence electrons. The van der Waals surface area contributed by atoms with Gasteiger partial charge in [0.2, 0.25) is 0 Å². The van der Waals surface area contributed by atoms with E-state index in [9.17, 15) is 10.2 Å². The maximum atomic E-state index is 11.2. The van der Waals surface area contributed by atoms with Crippen molar-refractivity contribution >= 4 is 0 Å². The lowest BCUT2D eigenvalue weighted by Crippen LogP contribution is -2.53. The van der Waals surface area contributed by atoms with Gasteiger partial charge in [-0.3, -0.25) is 0 Å². The van der Waals surface area contributed by atoms with Crippen LogP contribution in [0.2, 0.25) is 0 Å². The summed E-state index contributed by atoms with van der Waals surface area (Å²) in [6.45, 7) is 13.5. The van der Waals surface area contributed by atoms with E-state index < -0.39 is 5.60 Å². The normalized spacial score (nSPS) is 49.2. The van der Waals surface area contributed by atoms with Gasteiger partial charge in [0.25, 0.3) is 0 Å². The van der Waals surface area contributed by atoms with Crippen molar-refractivity contribution < 1.29 is 14.9 Å². The average Bonchev–Trinajstić information content (AvgIpc) is 3.09. The Bertz CT molecular complexity index is 756. The number of ether oxygens (including phenoxy) is 1. The van der Waals surface area contributed by atoms with Gasteiger partial charge in [-0.05, 0) is 105 Å². The Labute approximate surface area is 196 Å². The van der Waals surface area contributed by atoms with E-state index in [0.717, 1.165) is 63.1 Å². The second-order valence-electron chi connectivity index (χ2n) is 13.7. The molecular weight excluding hydrogens is 396 g/mol. The van der Waals surface area contributed by atoms with Gasteiger partial charge >= 0.3 is 0 Å². The summed E-state index contributed by atoms with van der Waals surface area (Å²) in [6, 6.07) is 0. The summed E-state index contributed by atoms with van der Waals surface area (Å²) in [7, 11) is 0. The summed E-state index contributed by atoms with van der Waals surface area (Å²) in [5.41, 5.74) is 1.97. The molecule has 4 fully saturated rings. The third-order valence-corrected chi connectivity index (χ3v) is 11.8. The first-order valence-electron chi connectivity index (χ1n) is 13.7. The molecule has 0 unspecified atom stereocenters. The summed E-state index contributed by atoms with van der Waals surface area (Å²) in [5.74, 6) is 3.39. The van der Waals surface area contributed by atoms with Gasteiger partial charge in [-0.1, -0.05) is 46.3 Å². The third kappa shape index (κ3) is 3.47. The van der Waals surface area contributed by atoms with Gasteiger partial charge in [0.05, 0.1) is 24.9 Å². The molecule has 5 rings (SSSR count). The van der Waals surface area contributed by atoms with Crippen LogP contribution in [0.25, 0.3) is 0 Å². The first-order chi connectivity index (χ1) is 15.0. The Morgan fingerprint density at radius 3 is 2.47 bits per heavy atom. The quantitative estimate of drug-likeness (QED) is 0.502. The van der Waals surface area contributed by atoms with Crippen molar-refractivity contribution in [3.05, 3.63) is 11.6 Å². The maximum Gasteiger partial charge on any atom is 0.0682 e. The van der Waals surface area contributed by atoms with Crippen LogP contribution < -0.4 is 0 Å². The molecule has 0 aromatic carbocycles. The molecule has 1 saturated heterocycles. The summed E-state index contributed by atoms with van der Waals surface area (Å²) in [6.07, 6.45) is 13.7. The van der Waals surface area contributed by atoms with E-state index in [1.165, 1.54) is 32.1 Å². The minimum absolute atomic E-state index is 0.185. The number of rotatable bonds is 5. The Morgan fingerprint density at radius 1 is 1.06 bits per heavy atom. The van der Waals surface area contributed by atoms with Crippen molar-refractivity contribution in [1.29, 1.82) is 0 Å². The van der Waals surface area contributed by atoms with Crippen molar-refractivity contribution in [2.24, 2.45) is 45.8 Å². The van der Waals surface area contributed by atoms with Crippen LogP contribution in [-0.2, 0) is 4.74 Å². The number of fused-ring (bicyclic) bond motifs is 5. The number of allylic oxidation sites excluding steroid dienone is 1. The molecule has 3 heteroatoms. The summed E-state index contributed by atoms with van der Waals surface area (Å²) >= 11 is 0. The third-order valence-electron chi connectivity index (χ3n) is 11.8. The lowest BCUT2D eigenvalue weighted by Gasteiger charge is -2.59. The number of hydrogen-bond acceptors (Lipinski definition) is 3. The SMILES string of the molecule is CC[C@]1(O)CC[C@@]2(C)C(=CC[C@H]3[C@@H]4CC[C@H]([C@H](C)[C@@H](O)CC5(C)COC5)[C@@]4(C)CC[C@@H]32)C1. The topological polar surface area (TPSA) is 49.7 Å². The van der Waals surface area contributed by atoms with E-state index >= 15 is 0 Å². The monoisotopic (exact) mass is 444 g/mol. The van der Waals surface area contributed by atoms with Gasteiger partial charge in [0.1, 0.15) is 0 Å². The van der Waals surface area contributed by atoms with E-state index in [4.69, 9.17) is 4.74 Å². The van der Waals surface area contributed by atoms with Gasteiger partial charge in [0.15, 0.2) is 0 Å². The van der Waals surface area contributed by atoms with E-state index in [-0.39, 0.29) is 11.5 Å². The lowest BCUT2D eigenvalue weighted by molar-refractivity contribution is -0.133. The molecule has 0 radical (unpaired) electrons. The van der Waals surface area contributed by atoms with Crippen LogP contribution in [0.5, 0.6) is 0 Å². The molecule has 0 aromatic heterocycles. The molecule has 0 bridgehead atoms. The fraction of sp³-hybridized carbons (Fsp3) is 0.931. The predicted molar refractivity (Wildman–Crippen MR) is 129 cm³/mol. The summed E-state index contributed by atoms with van der Waals surface area (Å²) < 4.78 is 5.45. The van der Waals surface area contributed by atoms with Crippen LogP contribution in [0.3, 0.4) is 0 Å². The maximum absolute atomic E-state index is 11.2. The average molecular weight is 445 g/mol. The molecule has 4 aliphatic carbocycles. The number of aliphatic hydroxyl groups is 2. The fourth-order valence-corrected chi connectivity index (χ4v) is 9.45. The number of aliphatic hydroxyl groups excluding tert-OH is 1. The van der Waals surface area contributed by atoms with Crippen molar-refractivity contribution in [3.8, 4) is 0 Å². The predicted octanol–water partition coefficient (Wildman–Crippen LogP) is 6.13. The van der Waals surface area contributed by atoms with Crippen LogP contribution in [0, 0.1) is 45.8 Å². The molecule has 0 spiro atoms. The highest BCUT2D eigenvalue weighted by atomic mass is 16.5. The highest BCUT2D eigenvalue weighted by Crippen LogP contribution is 2.68. The zero-order valence-electron chi connectivity index (χ0n) is 21.3. The Kier molecular flexibility index (Phi) is 5.71. The van der Waals surface area contributed by atoms with Gasteiger partial charge < -0.3 is 14.9 Å². The molecule has 9 atom stereocenters. The second kappa shape index (κ2) is 7.82. The van der Waals surface area contributed by atoms with E-state index in [1.807, 2.05) is 0 Å². The highest BCUT2D eigenvalue weighted by Gasteiger charge is 2.60. The molecular formula is C29H48O3. The minimum atomic E-state index is -0.465. The summed E-state index contributed by atoms with van der Waals surface area (Å²) in [4.78, 5) is 0. The number of hydrogen-bond donors (Lipinski definition) is 2. The molecule has 3 saturated carbocycles. The van der Waals surface area contributed by atoms with Crippen molar-refractivity contribution in [3.63, 3.8) is 0 Å². The van der Waals surface area contributed by atoms with Crippen LogP contribution in [-0.4, -0.2) is 35.1 Å². The smallest absolute Gasteiger partial charge is 0.0682 e. The molecule has 0 aromatic rings. The molecule has 2 N–H and O–H groups in total. The Morgan fingerprint density at radius 2 is 1.81 bits per heavy atom. The van der Waals surface area contributed by atoms with Gasteiger partial charge in [-0.25, -0.2) is 0 Å². The van der Waals surface area contributed by atoms with Crippen LogP contribution in [0.1, 0.15) is 98.8 Å². The van der Waals surface area contributed by atoms with E-state index in [2.05, 4.69) is 40.7 Å². The highest BCUT2D eigenvalue weighted by molar-refractivity contribution is 5.27. The molecule has 1 aliphatic heterocycles. The minimum Gasteiger partial charge on any atom is -0.393 e. The first kappa shape index (κ1) is 23.4. The lowest BCUT2D eigenvalue weighted by atomic mass is 9.46. The molecule has 5 aliphatic rings. The standard InChI is InChI=1S/C29H48O3/c1-6-29(31)14-13-27(4)20(15-29)7-8-21-23-10-9-22(28(23,5)12-11-24(21)27)19(2)25(30)16-26(3)17-32-18-26/h7,19,21-25,30-31H,6,8-18H2,1-5H3/t19-,21-,22+,23-,24-,25-,27-,28+,29-/m0/s1. The first-order valence-corrected chi connectivity index (χ1v) is 13.7. The largest absolute Gasteiger partial charge is 0.393 e. The molecule has 32 heavy (non-hydrogen) atoms. The fourth-order valence-electron chi connectivity index (χ4n) is 9.45. The zero-order valence-corrected chi connectivity index (χ0v) is 21.3. The van der Waals surface area contributed by atoms with Gasteiger partial charge in [-0.2, -0.15) is 0 Å². The van der Waals surface area contributed by atoms with Crippen molar-refractivity contribution in [2.45, 2.75) is 111 Å². The van der Waals surface area contributed by atoms with Crippen LogP contribution >= 0.6 is 0 Å². The van der Waals surface area contributed by atoms with E-state index in [1.54, 1.807) is 5.57 Å². The summed E-state index contributed by atoms with van der Waals surface area (Å²) in [5, 5.41) is 22.2. The molecule has 1 heterocycles.